The topological polar surface area (TPSA) is 40.5 Å². The highest BCUT2D eigenvalue weighted by Crippen LogP contribution is 2.23. The van der Waals surface area contributed by atoms with Crippen LogP contribution >= 0.6 is 11.6 Å². The Bertz CT molecular complexity index is 455. The van der Waals surface area contributed by atoms with E-state index in [2.05, 4.69) is 4.90 Å². The van der Waals surface area contributed by atoms with Crippen molar-refractivity contribution in [2.24, 2.45) is 5.92 Å². The predicted octanol–water partition coefficient (Wildman–Crippen LogP) is 3.20. The van der Waals surface area contributed by atoms with Crippen molar-refractivity contribution in [3.05, 3.63) is 34.3 Å². The van der Waals surface area contributed by atoms with Crippen molar-refractivity contribution >= 4 is 17.6 Å². The van der Waals surface area contributed by atoms with E-state index in [-0.39, 0.29) is 5.92 Å². The first-order valence-corrected chi connectivity index (χ1v) is 7.16. The van der Waals surface area contributed by atoms with Crippen LogP contribution in [-0.4, -0.2) is 29.1 Å². The van der Waals surface area contributed by atoms with Gasteiger partial charge in [-0.05, 0) is 49.5 Å². The molecule has 1 aliphatic heterocycles. The van der Waals surface area contributed by atoms with Crippen molar-refractivity contribution in [2.75, 3.05) is 13.1 Å². The van der Waals surface area contributed by atoms with Crippen LogP contribution in [0, 0.1) is 5.92 Å². The molecule has 4 heteroatoms. The SMILES string of the molecule is CC(Cc1ccc(CN2CCCC2)c(Cl)c1)C(=O)O. The molecule has 1 aromatic rings. The Hall–Kier alpha value is -1.06. The van der Waals surface area contributed by atoms with Crippen LogP contribution in [0.4, 0.5) is 0 Å². The largest absolute Gasteiger partial charge is 0.481 e. The molecule has 1 fully saturated rings. The Morgan fingerprint density at radius 3 is 2.68 bits per heavy atom. The van der Waals surface area contributed by atoms with E-state index in [1.807, 2.05) is 18.2 Å². The van der Waals surface area contributed by atoms with Crippen LogP contribution in [0.15, 0.2) is 18.2 Å². The second-order valence-electron chi connectivity index (χ2n) is 5.35. The van der Waals surface area contributed by atoms with Crippen molar-refractivity contribution in [3.63, 3.8) is 0 Å². The highest BCUT2D eigenvalue weighted by molar-refractivity contribution is 6.31. The molecule has 0 bridgehead atoms. The Morgan fingerprint density at radius 1 is 1.42 bits per heavy atom. The molecule has 1 aliphatic rings. The third-order valence-corrected chi connectivity index (χ3v) is 4.03. The quantitative estimate of drug-likeness (QED) is 0.901. The Labute approximate surface area is 119 Å². The number of hydrogen-bond donors (Lipinski definition) is 1. The molecule has 1 aromatic carbocycles. The Kier molecular flexibility index (Phi) is 4.83. The summed E-state index contributed by atoms with van der Waals surface area (Å²) in [7, 11) is 0. The van der Waals surface area contributed by atoms with E-state index in [1.165, 1.54) is 12.8 Å². The van der Waals surface area contributed by atoms with E-state index in [4.69, 9.17) is 16.7 Å². The first kappa shape index (κ1) is 14.4. The third-order valence-electron chi connectivity index (χ3n) is 3.67. The van der Waals surface area contributed by atoms with Gasteiger partial charge in [-0.2, -0.15) is 0 Å². The van der Waals surface area contributed by atoms with Gasteiger partial charge in [0.15, 0.2) is 0 Å². The van der Waals surface area contributed by atoms with Gasteiger partial charge < -0.3 is 5.11 Å². The van der Waals surface area contributed by atoms with Gasteiger partial charge in [0.25, 0.3) is 0 Å². The van der Waals surface area contributed by atoms with E-state index < -0.39 is 5.97 Å². The molecule has 19 heavy (non-hydrogen) atoms. The van der Waals surface area contributed by atoms with Crippen molar-refractivity contribution in [1.29, 1.82) is 0 Å². The molecule has 0 aliphatic carbocycles. The van der Waals surface area contributed by atoms with Gasteiger partial charge >= 0.3 is 5.97 Å². The summed E-state index contributed by atoms with van der Waals surface area (Å²) in [4.78, 5) is 13.2. The fourth-order valence-electron chi connectivity index (χ4n) is 2.47. The van der Waals surface area contributed by atoms with E-state index in [0.29, 0.717) is 6.42 Å². The second-order valence-corrected chi connectivity index (χ2v) is 5.76. The molecule has 1 heterocycles. The summed E-state index contributed by atoms with van der Waals surface area (Å²) < 4.78 is 0. The minimum Gasteiger partial charge on any atom is -0.481 e. The zero-order chi connectivity index (χ0) is 13.8. The highest BCUT2D eigenvalue weighted by Gasteiger charge is 2.15. The normalized spacial score (nSPS) is 17.6. The lowest BCUT2D eigenvalue weighted by molar-refractivity contribution is -0.141. The monoisotopic (exact) mass is 281 g/mol. The molecule has 0 radical (unpaired) electrons. The lowest BCUT2D eigenvalue weighted by atomic mass is 10.00. The molecule has 1 unspecified atom stereocenters. The first-order chi connectivity index (χ1) is 9.06. The molecule has 1 N–H and O–H groups in total. The molecule has 0 spiro atoms. The highest BCUT2D eigenvalue weighted by atomic mass is 35.5. The summed E-state index contributed by atoms with van der Waals surface area (Å²) in [6.45, 7) is 4.91. The average Bonchev–Trinajstić information content (AvgIpc) is 2.85. The predicted molar refractivity (Wildman–Crippen MR) is 76.5 cm³/mol. The molecule has 0 saturated carbocycles. The number of carboxylic acids is 1. The fourth-order valence-corrected chi connectivity index (χ4v) is 2.73. The third kappa shape index (κ3) is 3.95. The van der Waals surface area contributed by atoms with Gasteiger partial charge in [-0.25, -0.2) is 0 Å². The lowest BCUT2D eigenvalue weighted by Gasteiger charge is -2.16. The smallest absolute Gasteiger partial charge is 0.306 e. The Morgan fingerprint density at radius 2 is 2.11 bits per heavy atom. The summed E-state index contributed by atoms with van der Waals surface area (Å²) in [5, 5.41) is 9.67. The molecule has 3 nitrogen and oxygen atoms in total. The number of likely N-dealkylation sites (tertiary alicyclic amines) is 1. The summed E-state index contributed by atoms with van der Waals surface area (Å²) in [5.41, 5.74) is 2.13. The van der Waals surface area contributed by atoms with Crippen LogP contribution in [0.1, 0.15) is 30.9 Å². The maximum Gasteiger partial charge on any atom is 0.306 e. The zero-order valence-corrected chi connectivity index (χ0v) is 12.0. The van der Waals surface area contributed by atoms with Crippen LogP contribution in [0.3, 0.4) is 0 Å². The minimum atomic E-state index is -0.766. The van der Waals surface area contributed by atoms with Gasteiger partial charge in [0.2, 0.25) is 0 Å². The van der Waals surface area contributed by atoms with E-state index in [1.54, 1.807) is 6.92 Å². The zero-order valence-electron chi connectivity index (χ0n) is 11.2. The molecular formula is C15H20ClNO2. The van der Waals surface area contributed by atoms with Gasteiger partial charge in [-0.3, -0.25) is 9.69 Å². The first-order valence-electron chi connectivity index (χ1n) is 6.78. The van der Waals surface area contributed by atoms with Crippen LogP contribution in [0.25, 0.3) is 0 Å². The van der Waals surface area contributed by atoms with Crippen molar-refractivity contribution < 1.29 is 9.90 Å². The van der Waals surface area contributed by atoms with Crippen LogP contribution in [0.2, 0.25) is 5.02 Å². The van der Waals surface area contributed by atoms with E-state index >= 15 is 0 Å². The standard InChI is InChI=1S/C15H20ClNO2/c1-11(15(18)19)8-12-4-5-13(14(16)9-12)10-17-6-2-3-7-17/h4-5,9,11H,2-3,6-8,10H2,1H3,(H,18,19). The van der Waals surface area contributed by atoms with Crippen molar-refractivity contribution in [1.82, 2.24) is 4.90 Å². The van der Waals surface area contributed by atoms with Gasteiger partial charge in [0.05, 0.1) is 5.92 Å². The molecule has 0 amide bonds. The van der Waals surface area contributed by atoms with E-state index in [9.17, 15) is 4.79 Å². The maximum atomic E-state index is 10.8. The van der Waals surface area contributed by atoms with Crippen LogP contribution in [0.5, 0.6) is 0 Å². The summed E-state index contributed by atoms with van der Waals surface area (Å²) in [5.74, 6) is -1.14. The molecule has 2 rings (SSSR count). The number of hydrogen-bond acceptors (Lipinski definition) is 2. The molecule has 1 saturated heterocycles. The molecule has 0 aromatic heterocycles. The van der Waals surface area contributed by atoms with Gasteiger partial charge in [0.1, 0.15) is 0 Å². The molecular weight excluding hydrogens is 262 g/mol. The Balaban J connectivity index is 2.01. The second kappa shape index (κ2) is 6.40. The summed E-state index contributed by atoms with van der Waals surface area (Å²) in [6, 6.07) is 5.94. The van der Waals surface area contributed by atoms with Crippen molar-refractivity contribution in [3.8, 4) is 0 Å². The van der Waals surface area contributed by atoms with Crippen molar-refractivity contribution in [2.45, 2.75) is 32.7 Å². The average molecular weight is 282 g/mol. The number of carboxylic acid groups (broad SMARTS) is 1. The maximum absolute atomic E-state index is 10.8. The van der Waals surface area contributed by atoms with Crippen LogP contribution in [-0.2, 0) is 17.8 Å². The van der Waals surface area contributed by atoms with Gasteiger partial charge in [0, 0.05) is 11.6 Å². The molecule has 104 valence electrons. The summed E-state index contributed by atoms with van der Waals surface area (Å²) in [6.07, 6.45) is 3.07. The minimum absolute atomic E-state index is 0.375. The fraction of sp³-hybridized carbons (Fsp3) is 0.533. The number of nitrogens with zero attached hydrogens (tertiary/aromatic N) is 1. The van der Waals surface area contributed by atoms with Gasteiger partial charge in [-0.1, -0.05) is 30.7 Å². The number of benzene rings is 1. The number of aliphatic carboxylic acids is 1. The molecule has 1 atom stereocenters. The van der Waals surface area contributed by atoms with Gasteiger partial charge in [-0.15, -0.1) is 0 Å². The number of rotatable bonds is 5. The number of carbonyl (C=O) groups is 1. The van der Waals surface area contributed by atoms with Crippen LogP contribution < -0.4 is 0 Å². The van der Waals surface area contributed by atoms with E-state index in [0.717, 1.165) is 35.8 Å². The summed E-state index contributed by atoms with van der Waals surface area (Å²) >= 11 is 6.30. The number of halogens is 1. The lowest BCUT2D eigenvalue weighted by Crippen LogP contribution is -2.18.